The number of pyridine rings is 1. The minimum Gasteiger partial charge on any atom is -0.359 e. The topological polar surface area (TPSA) is 41.9 Å². The highest BCUT2D eigenvalue weighted by atomic mass is 15.2. The quantitative estimate of drug-likeness (QED) is 0.860. The van der Waals surface area contributed by atoms with Crippen molar-refractivity contribution in [1.82, 2.24) is 15.0 Å². The zero-order chi connectivity index (χ0) is 15.5. The number of aryl methyl sites for hydroxylation is 1. The largest absolute Gasteiger partial charge is 0.359 e. The maximum absolute atomic E-state index is 4.69. The van der Waals surface area contributed by atoms with Crippen LogP contribution >= 0.6 is 0 Å². The van der Waals surface area contributed by atoms with Crippen LogP contribution in [0.2, 0.25) is 0 Å². The molecular formula is C17H24N4. The van der Waals surface area contributed by atoms with E-state index in [1.54, 1.807) is 6.20 Å². The normalized spacial score (nSPS) is 11.5. The van der Waals surface area contributed by atoms with Crippen molar-refractivity contribution < 1.29 is 0 Å². The second kappa shape index (κ2) is 6.20. The highest BCUT2D eigenvalue weighted by Gasteiger charge is 2.16. The Balaban J connectivity index is 2.39. The number of aromatic nitrogens is 3. The smallest absolute Gasteiger partial charge is 0.180 e. The minimum atomic E-state index is 0.219. The van der Waals surface area contributed by atoms with Crippen LogP contribution in [0.4, 0.5) is 5.82 Å². The molecule has 0 amide bonds. The Morgan fingerprint density at radius 3 is 2.48 bits per heavy atom. The molecule has 0 aliphatic rings. The van der Waals surface area contributed by atoms with Crippen molar-refractivity contribution in [2.75, 3.05) is 18.5 Å². The van der Waals surface area contributed by atoms with Crippen molar-refractivity contribution in [2.45, 2.75) is 34.1 Å². The summed E-state index contributed by atoms with van der Waals surface area (Å²) in [6.07, 6.45) is 2.66. The Morgan fingerprint density at radius 2 is 1.90 bits per heavy atom. The van der Waals surface area contributed by atoms with Crippen molar-refractivity contribution in [1.29, 1.82) is 0 Å². The number of hydrogen-bond donors (Lipinski definition) is 0. The molecule has 2 aromatic heterocycles. The highest BCUT2D eigenvalue weighted by Crippen LogP contribution is 2.22. The fourth-order valence-electron chi connectivity index (χ4n) is 2.26. The molecule has 0 aliphatic carbocycles. The van der Waals surface area contributed by atoms with Crippen molar-refractivity contribution in [2.24, 2.45) is 5.41 Å². The zero-order valence-electron chi connectivity index (χ0n) is 13.6. The van der Waals surface area contributed by atoms with Crippen LogP contribution in [-0.2, 0) is 6.42 Å². The lowest BCUT2D eigenvalue weighted by Crippen LogP contribution is -2.30. The van der Waals surface area contributed by atoms with Crippen LogP contribution in [0.15, 0.2) is 30.5 Å². The van der Waals surface area contributed by atoms with Gasteiger partial charge in [0.25, 0.3) is 0 Å². The third-order valence-corrected chi connectivity index (χ3v) is 3.12. The van der Waals surface area contributed by atoms with E-state index in [9.17, 15) is 0 Å². The van der Waals surface area contributed by atoms with Crippen molar-refractivity contribution in [3.63, 3.8) is 0 Å². The summed E-state index contributed by atoms with van der Waals surface area (Å²) in [7, 11) is 2.08. The fourth-order valence-corrected chi connectivity index (χ4v) is 2.26. The van der Waals surface area contributed by atoms with Crippen molar-refractivity contribution >= 4 is 5.82 Å². The van der Waals surface area contributed by atoms with Gasteiger partial charge in [-0.05, 0) is 24.0 Å². The van der Waals surface area contributed by atoms with Gasteiger partial charge >= 0.3 is 0 Å². The van der Waals surface area contributed by atoms with E-state index in [2.05, 4.69) is 60.7 Å². The average molecular weight is 284 g/mol. The van der Waals surface area contributed by atoms with Gasteiger partial charge in [-0.15, -0.1) is 0 Å². The van der Waals surface area contributed by atoms with Crippen LogP contribution in [0.1, 0.15) is 33.4 Å². The molecule has 0 fully saturated rings. The Labute approximate surface area is 127 Å². The van der Waals surface area contributed by atoms with E-state index in [0.29, 0.717) is 5.82 Å². The minimum absolute atomic E-state index is 0.219. The predicted octanol–water partition coefficient (Wildman–Crippen LogP) is 3.58. The molecule has 112 valence electrons. The Morgan fingerprint density at radius 1 is 1.14 bits per heavy atom. The molecule has 4 nitrogen and oxygen atoms in total. The molecule has 0 atom stereocenters. The molecular weight excluding hydrogens is 260 g/mol. The number of anilines is 1. The molecule has 21 heavy (non-hydrogen) atoms. The van der Waals surface area contributed by atoms with Crippen molar-refractivity contribution in [3.05, 3.63) is 36.2 Å². The van der Waals surface area contributed by atoms with Crippen LogP contribution in [0.3, 0.4) is 0 Å². The standard InChI is InChI=1S/C17H24N4/c1-6-13-11-15(21(5)12-17(2,3)4)20-16(19-13)14-9-7-8-10-18-14/h7-11H,6,12H2,1-5H3. The van der Waals surface area contributed by atoms with E-state index in [1.165, 1.54) is 0 Å². The molecule has 0 spiro atoms. The van der Waals surface area contributed by atoms with Gasteiger partial charge in [0, 0.05) is 31.5 Å². The summed E-state index contributed by atoms with van der Waals surface area (Å²) in [5.41, 5.74) is 2.08. The van der Waals surface area contributed by atoms with E-state index in [0.717, 1.165) is 30.2 Å². The van der Waals surface area contributed by atoms with Gasteiger partial charge in [-0.3, -0.25) is 4.98 Å². The van der Waals surface area contributed by atoms with Gasteiger partial charge in [-0.25, -0.2) is 9.97 Å². The zero-order valence-corrected chi connectivity index (χ0v) is 13.6. The monoisotopic (exact) mass is 284 g/mol. The van der Waals surface area contributed by atoms with Crippen LogP contribution in [-0.4, -0.2) is 28.5 Å². The molecule has 0 unspecified atom stereocenters. The van der Waals surface area contributed by atoms with Crippen molar-refractivity contribution in [3.8, 4) is 11.5 Å². The summed E-state index contributed by atoms with van der Waals surface area (Å²) >= 11 is 0. The van der Waals surface area contributed by atoms with Gasteiger partial charge < -0.3 is 4.90 Å². The molecule has 2 heterocycles. The molecule has 0 aromatic carbocycles. The Hall–Kier alpha value is -1.97. The number of nitrogens with zero attached hydrogens (tertiary/aromatic N) is 4. The molecule has 2 rings (SSSR count). The van der Waals surface area contributed by atoms with Gasteiger partial charge in [0.1, 0.15) is 11.5 Å². The van der Waals surface area contributed by atoms with E-state index >= 15 is 0 Å². The van der Waals surface area contributed by atoms with E-state index in [-0.39, 0.29) is 5.41 Å². The Bertz CT molecular complexity index is 587. The second-order valence-corrected chi connectivity index (χ2v) is 6.53. The first kappa shape index (κ1) is 15.4. The van der Waals surface area contributed by atoms with Gasteiger partial charge in [0.05, 0.1) is 0 Å². The van der Waals surface area contributed by atoms with Crippen LogP contribution in [0.5, 0.6) is 0 Å². The first-order valence-electron chi connectivity index (χ1n) is 7.39. The molecule has 0 saturated carbocycles. The van der Waals surface area contributed by atoms with Gasteiger partial charge in [-0.2, -0.15) is 0 Å². The molecule has 0 bridgehead atoms. The first-order chi connectivity index (χ1) is 9.89. The van der Waals surface area contributed by atoms with Gasteiger partial charge in [0.15, 0.2) is 5.82 Å². The van der Waals surface area contributed by atoms with Gasteiger partial charge in [-0.1, -0.05) is 33.8 Å². The Kier molecular flexibility index (Phi) is 4.56. The summed E-state index contributed by atoms with van der Waals surface area (Å²) in [6, 6.07) is 7.88. The summed E-state index contributed by atoms with van der Waals surface area (Å²) < 4.78 is 0. The maximum Gasteiger partial charge on any atom is 0.180 e. The predicted molar refractivity (Wildman–Crippen MR) is 87.4 cm³/mol. The lowest BCUT2D eigenvalue weighted by molar-refractivity contribution is 0.417. The molecule has 2 aromatic rings. The fraction of sp³-hybridized carbons (Fsp3) is 0.471. The maximum atomic E-state index is 4.69. The van der Waals surface area contributed by atoms with Crippen LogP contribution < -0.4 is 4.90 Å². The SMILES string of the molecule is CCc1cc(N(C)CC(C)(C)C)nc(-c2ccccn2)n1. The molecule has 0 aliphatic heterocycles. The van der Waals surface area contributed by atoms with Crippen LogP contribution in [0, 0.1) is 5.41 Å². The molecule has 0 radical (unpaired) electrons. The van der Waals surface area contributed by atoms with E-state index < -0.39 is 0 Å². The van der Waals surface area contributed by atoms with E-state index in [4.69, 9.17) is 0 Å². The number of rotatable bonds is 4. The highest BCUT2D eigenvalue weighted by molar-refractivity contribution is 5.53. The third kappa shape index (κ3) is 4.25. The van der Waals surface area contributed by atoms with Crippen LogP contribution in [0.25, 0.3) is 11.5 Å². The molecule has 0 N–H and O–H groups in total. The lowest BCUT2D eigenvalue weighted by Gasteiger charge is -2.27. The average Bonchev–Trinajstić information content (AvgIpc) is 2.46. The summed E-state index contributed by atoms with van der Waals surface area (Å²) in [6.45, 7) is 9.73. The van der Waals surface area contributed by atoms with Gasteiger partial charge in [0.2, 0.25) is 0 Å². The lowest BCUT2D eigenvalue weighted by atomic mass is 9.96. The summed E-state index contributed by atoms with van der Waals surface area (Å²) in [5.74, 6) is 1.66. The molecule has 4 heteroatoms. The van der Waals surface area contributed by atoms with E-state index in [1.807, 2.05) is 18.2 Å². The summed E-state index contributed by atoms with van der Waals surface area (Å²) in [4.78, 5) is 15.8. The third-order valence-electron chi connectivity index (χ3n) is 3.12. The first-order valence-corrected chi connectivity index (χ1v) is 7.39. The second-order valence-electron chi connectivity index (χ2n) is 6.53. The number of hydrogen-bond acceptors (Lipinski definition) is 4. The molecule has 0 saturated heterocycles. The summed E-state index contributed by atoms with van der Waals surface area (Å²) in [5, 5.41) is 0.